The summed E-state index contributed by atoms with van der Waals surface area (Å²) in [5.74, 6) is 0.215. The van der Waals surface area contributed by atoms with Crippen molar-refractivity contribution in [2.24, 2.45) is 5.92 Å². The minimum atomic E-state index is -0.661. The van der Waals surface area contributed by atoms with Gasteiger partial charge in [0.05, 0.1) is 23.9 Å². The second-order valence-electron chi connectivity index (χ2n) is 10.5. The van der Waals surface area contributed by atoms with Gasteiger partial charge in [0.1, 0.15) is 0 Å². The van der Waals surface area contributed by atoms with E-state index in [1.807, 2.05) is 82.7 Å². The van der Waals surface area contributed by atoms with Crippen LogP contribution in [-0.4, -0.2) is 49.3 Å². The van der Waals surface area contributed by atoms with Gasteiger partial charge in [0.25, 0.3) is 0 Å². The SMILES string of the molecule is C=CC(C)C[C@@H]1CC(O)C(Cc2ccccc2)N(Cc2ccccc2)C(=O)N1Cc1ccc2[nH]ncc2c1. The molecular formula is C32H36N4O2. The number of benzene rings is 3. The molecule has 4 aromatic rings. The summed E-state index contributed by atoms with van der Waals surface area (Å²) in [4.78, 5) is 18.4. The number of carbonyl (C=O) groups is 1. The predicted octanol–water partition coefficient (Wildman–Crippen LogP) is 5.94. The Labute approximate surface area is 224 Å². The number of H-pyrrole nitrogens is 1. The van der Waals surface area contributed by atoms with Gasteiger partial charge in [0, 0.05) is 24.5 Å². The molecule has 0 aliphatic carbocycles. The number of hydrogen-bond donors (Lipinski definition) is 2. The molecule has 4 atom stereocenters. The fourth-order valence-corrected chi connectivity index (χ4v) is 5.53. The van der Waals surface area contributed by atoms with E-state index in [2.05, 4.69) is 41.9 Å². The minimum absolute atomic E-state index is 0.0418. The molecule has 6 nitrogen and oxygen atoms in total. The maximum atomic E-state index is 14.5. The van der Waals surface area contributed by atoms with Crippen molar-refractivity contribution in [1.29, 1.82) is 0 Å². The lowest BCUT2D eigenvalue weighted by atomic mass is 9.92. The zero-order chi connectivity index (χ0) is 26.5. The van der Waals surface area contributed by atoms with E-state index in [9.17, 15) is 9.90 Å². The van der Waals surface area contributed by atoms with Gasteiger partial charge < -0.3 is 14.9 Å². The molecule has 1 saturated heterocycles. The van der Waals surface area contributed by atoms with Crippen LogP contribution in [0.1, 0.15) is 36.5 Å². The van der Waals surface area contributed by atoms with Gasteiger partial charge in [0.2, 0.25) is 0 Å². The van der Waals surface area contributed by atoms with E-state index in [0.29, 0.717) is 25.9 Å². The zero-order valence-electron chi connectivity index (χ0n) is 21.9. The summed E-state index contributed by atoms with van der Waals surface area (Å²) in [6.07, 6.45) is 4.94. The van der Waals surface area contributed by atoms with Crippen LogP contribution >= 0.6 is 0 Å². The number of aliphatic hydroxyl groups is 1. The summed E-state index contributed by atoms with van der Waals surface area (Å²) < 4.78 is 0. The summed E-state index contributed by atoms with van der Waals surface area (Å²) in [6, 6.07) is 25.8. The molecule has 2 heterocycles. The maximum Gasteiger partial charge on any atom is 0.321 e. The maximum absolute atomic E-state index is 14.5. The first kappa shape index (κ1) is 25.7. The zero-order valence-corrected chi connectivity index (χ0v) is 21.9. The molecule has 1 aliphatic rings. The Hall–Kier alpha value is -3.90. The van der Waals surface area contributed by atoms with Crippen LogP contribution in [-0.2, 0) is 19.5 Å². The topological polar surface area (TPSA) is 72.5 Å². The van der Waals surface area contributed by atoms with Crippen LogP contribution in [0.3, 0.4) is 0 Å². The Bertz CT molecular complexity index is 1350. The quantitative estimate of drug-likeness (QED) is 0.275. The van der Waals surface area contributed by atoms with E-state index in [0.717, 1.165) is 34.0 Å². The van der Waals surface area contributed by atoms with Gasteiger partial charge in [-0.05, 0) is 54.0 Å². The van der Waals surface area contributed by atoms with Gasteiger partial charge >= 0.3 is 6.03 Å². The molecule has 5 rings (SSSR count). The lowest BCUT2D eigenvalue weighted by Gasteiger charge is -2.36. The van der Waals surface area contributed by atoms with Gasteiger partial charge in [0.15, 0.2) is 0 Å². The lowest BCUT2D eigenvalue weighted by Crippen LogP contribution is -2.50. The second-order valence-corrected chi connectivity index (χ2v) is 10.5. The summed E-state index contributed by atoms with van der Waals surface area (Å²) in [5.41, 5.74) is 4.16. The van der Waals surface area contributed by atoms with Gasteiger partial charge in [-0.2, -0.15) is 5.10 Å². The van der Waals surface area contributed by atoms with E-state index < -0.39 is 6.10 Å². The van der Waals surface area contributed by atoms with Crippen molar-refractivity contribution in [3.63, 3.8) is 0 Å². The van der Waals surface area contributed by atoms with Crippen molar-refractivity contribution in [3.05, 3.63) is 114 Å². The van der Waals surface area contributed by atoms with E-state index in [1.165, 1.54) is 0 Å². The number of amides is 2. The molecule has 38 heavy (non-hydrogen) atoms. The number of fused-ring (bicyclic) bond motifs is 1. The predicted molar refractivity (Wildman–Crippen MR) is 151 cm³/mol. The summed E-state index contributed by atoms with van der Waals surface area (Å²) in [5, 5.41) is 19.8. The smallest absolute Gasteiger partial charge is 0.321 e. The highest BCUT2D eigenvalue weighted by Gasteiger charge is 2.41. The molecule has 2 amide bonds. The summed E-state index contributed by atoms with van der Waals surface area (Å²) >= 11 is 0. The molecule has 0 bridgehead atoms. The second kappa shape index (κ2) is 11.7. The van der Waals surface area contributed by atoms with Gasteiger partial charge in [-0.3, -0.25) is 5.10 Å². The average molecular weight is 509 g/mol. The Balaban J connectivity index is 1.53. The highest BCUT2D eigenvalue weighted by atomic mass is 16.3. The van der Waals surface area contributed by atoms with E-state index in [-0.39, 0.29) is 24.0 Å². The molecule has 1 fully saturated rings. The summed E-state index contributed by atoms with van der Waals surface area (Å²) in [7, 11) is 0. The van der Waals surface area contributed by atoms with Crippen molar-refractivity contribution in [1.82, 2.24) is 20.0 Å². The van der Waals surface area contributed by atoms with Crippen LogP contribution < -0.4 is 0 Å². The molecule has 2 N–H and O–H groups in total. The molecular weight excluding hydrogens is 472 g/mol. The summed E-state index contributed by atoms with van der Waals surface area (Å²) in [6.45, 7) is 7.00. The van der Waals surface area contributed by atoms with Gasteiger partial charge in [-0.1, -0.05) is 79.7 Å². The van der Waals surface area contributed by atoms with Crippen LogP contribution in [0.15, 0.2) is 97.7 Å². The molecule has 0 saturated carbocycles. The van der Waals surface area contributed by atoms with E-state index >= 15 is 0 Å². The van der Waals surface area contributed by atoms with Crippen LogP contribution in [0.2, 0.25) is 0 Å². The normalized spacial score (nSPS) is 20.9. The number of nitrogens with zero attached hydrogens (tertiary/aromatic N) is 3. The number of aromatic amines is 1. The number of rotatable bonds is 9. The number of aliphatic hydroxyl groups excluding tert-OH is 1. The Kier molecular flexibility index (Phi) is 7.89. The molecule has 0 radical (unpaired) electrons. The molecule has 1 aliphatic heterocycles. The molecule has 0 spiro atoms. The highest BCUT2D eigenvalue weighted by molar-refractivity contribution is 5.79. The van der Waals surface area contributed by atoms with Crippen LogP contribution in [0, 0.1) is 5.92 Å². The Morgan fingerprint density at radius 3 is 2.39 bits per heavy atom. The van der Waals surface area contributed by atoms with E-state index in [4.69, 9.17) is 0 Å². The number of hydrogen-bond acceptors (Lipinski definition) is 3. The third-order valence-corrected chi connectivity index (χ3v) is 7.68. The fourth-order valence-electron chi connectivity index (χ4n) is 5.53. The molecule has 3 unspecified atom stereocenters. The molecule has 196 valence electrons. The van der Waals surface area contributed by atoms with Crippen LogP contribution in [0.5, 0.6) is 0 Å². The monoisotopic (exact) mass is 508 g/mol. The number of carbonyl (C=O) groups excluding carboxylic acids is 1. The standard InChI is InChI=1S/C32H36N4O2/c1-3-23(2)16-28-19-31(37)30(18-24-10-6-4-7-11-24)36(21-25-12-8-5-9-13-25)32(38)35(28)22-26-14-15-29-27(17-26)20-33-34-29/h3-15,17,20,23,28,30-31,37H,1,16,18-19,21-22H2,2H3,(H,33,34)/t23?,28-,30?,31?/m1/s1. The highest BCUT2D eigenvalue weighted by Crippen LogP contribution is 2.31. The number of nitrogens with one attached hydrogen (secondary N) is 1. The van der Waals surface area contributed by atoms with Crippen LogP contribution in [0.4, 0.5) is 4.79 Å². The van der Waals surface area contributed by atoms with Crippen molar-refractivity contribution < 1.29 is 9.90 Å². The molecule has 1 aromatic heterocycles. The fraction of sp³-hybridized carbons (Fsp3) is 0.312. The number of urea groups is 1. The van der Waals surface area contributed by atoms with Crippen molar-refractivity contribution in [2.45, 2.75) is 57.5 Å². The third-order valence-electron chi connectivity index (χ3n) is 7.68. The number of aromatic nitrogens is 2. The van der Waals surface area contributed by atoms with Crippen molar-refractivity contribution in [2.75, 3.05) is 0 Å². The van der Waals surface area contributed by atoms with Crippen molar-refractivity contribution in [3.8, 4) is 0 Å². The first-order valence-electron chi connectivity index (χ1n) is 13.4. The van der Waals surface area contributed by atoms with Gasteiger partial charge in [-0.25, -0.2) is 4.79 Å². The van der Waals surface area contributed by atoms with Crippen molar-refractivity contribution >= 4 is 16.9 Å². The number of allylic oxidation sites excluding steroid dienone is 1. The van der Waals surface area contributed by atoms with E-state index in [1.54, 1.807) is 0 Å². The minimum Gasteiger partial charge on any atom is -0.391 e. The molecule has 6 heteroatoms. The molecule has 3 aromatic carbocycles. The first-order chi connectivity index (χ1) is 18.5. The average Bonchev–Trinajstić information content (AvgIpc) is 3.39. The lowest BCUT2D eigenvalue weighted by molar-refractivity contribution is 0.0655. The Morgan fingerprint density at radius 2 is 1.68 bits per heavy atom. The Morgan fingerprint density at radius 1 is 1.00 bits per heavy atom. The first-order valence-corrected chi connectivity index (χ1v) is 13.4. The van der Waals surface area contributed by atoms with Gasteiger partial charge in [-0.15, -0.1) is 6.58 Å². The van der Waals surface area contributed by atoms with Crippen LogP contribution in [0.25, 0.3) is 10.9 Å². The largest absolute Gasteiger partial charge is 0.391 e. The third kappa shape index (κ3) is 5.81.